The predicted octanol–water partition coefficient (Wildman–Crippen LogP) is 2.35. The zero-order valence-corrected chi connectivity index (χ0v) is 11.6. The van der Waals surface area contributed by atoms with Crippen molar-refractivity contribution in [3.05, 3.63) is 40.0 Å². The van der Waals surface area contributed by atoms with E-state index in [1.807, 2.05) is 49.3 Å². The lowest BCUT2D eigenvalue weighted by Gasteiger charge is -2.04. The standard InChI is InChI=1S/C12H15IN2O/c1-15(2)9-3-4-12(16)14-11-7-5-10(13)6-8-11/h3-8H,9H2,1-2H3,(H,14,16)/b4-3+. The Labute approximate surface area is 110 Å². The zero-order valence-electron chi connectivity index (χ0n) is 9.40. The molecule has 0 aromatic heterocycles. The number of halogens is 1. The number of rotatable bonds is 4. The SMILES string of the molecule is CN(C)C/C=C/C(=O)Nc1ccc(I)cc1. The summed E-state index contributed by atoms with van der Waals surface area (Å²) in [5, 5.41) is 2.80. The number of hydrogen-bond donors (Lipinski definition) is 1. The number of nitrogens with zero attached hydrogens (tertiary/aromatic N) is 1. The molecule has 16 heavy (non-hydrogen) atoms. The van der Waals surface area contributed by atoms with Crippen LogP contribution in [0.15, 0.2) is 36.4 Å². The quantitative estimate of drug-likeness (QED) is 0.679. The minimum atomic E-state index is -0.0944. The average Bonchev–Trinajstić information content (AvgIpc) is 2.21. The largest absolute Gasteiger partial charge is 0.323 e. The first kappa shape index (κ1) is 13.2. The summed E-state index contributed by atoms with van der Waals surface area (Å²) < 4.78 is 1.15. The molecule has 0 saturated carbocycles. The molecule has 0 aliphatic carbocycles. The summed E-state index contributed by atoms with van der Waals surface area (Å²) in [7, 11) is 3.92. The van der Waals surface area contributed by atoms with Crippen LogP contribution in [0.2, 0.25) is 0 Å². The van der Waals surface area contributed by atoms with E-state index in [1.165, 1.54) is 0 Å². The van der Waals surface area contributed by atoms with E-state index in [1.54, 1.807) is 6.08 Å². The molecule has 0 aliphatic heterocycles. The Balaban J connectivity index is 2.45. The molecule has 1 rings (SSSR count). The Bertz CT molecular complexity index is 371. The van der Waals surface area contributed by atoms with Crippen LogP contribution in [0.4, 0.5) is 5.69 Å². The van der Waals surface area contributed by atoms with E-state index in [4.69, 9.17) is 0 Å². The number of hydrogen-bond acceptors (Lipinski definition) is 2. The summed E-state index contributed by atoms with van der Waals surface area (Å²) in [6.07, 6.45) is 3.39. The third kappa shape index (κ3) is 5.27. The maximum absolute atomic E-state index is 11.5. The summed E-state index contributed by atoms with van der Waals surface area (Å²) in [5.74, 6) is -0.0944. The van der Waals surface area contributed by atoms with Gasteiger partial charge >= 0.3 is 0 Å². The van der Waals surface area contributed by atoms with Crippen LogP contribution in [0, 0.1) is 3.57 Å². The van der Waals surface area contributed by atoms with E-state index in [0.29, 0.717) is 0 Å². The molecule has 0 fully saturated rings. The van der Waals surface area contributed by atoms with Gasteiger partial charge in [0.25, 0.3) is 0 Å². The van der Waals surface area contributed by atoms with E-state index in [0.717, 1.165) is 15.8 Å². The van der Waals surface area contributed by atoms with Gasteiger partial charge in [-0.1, -0.05) is 6.08 Å². The lowest BCUT2D eigenvalue weighted by molar-refractivity contribution is -0.111. The second-order valence-corrected chi connectivity index (χ2v) is 4.91. The second kappa shape index (κ2) is 6.65. The molecule has 1 aromatic rings. The summed E-state index contributed by atoms with van der Waals surface area (Å²) in [4.78, 5) is 13.5. The maximum atomic E-state index is 11.5. The molecule has 0 atom stereocenters. The monoisotopic (exact) mass is 330 g/mol. The number of amides is 1. The number of carbonyl (C=O) groups is 1. The van der Waals surface area contributed by atoms with Crippen molar-refractivity contribution in [2.24, 2.45) is 0 Å². The van der Waals surface area contributed by atoms with E-state index < -0.39 is 0 Å². The van der Waals surface area contributed by atoms with Crippen LogP contribution in [-0.2, 0) is 4.79 Å². The molecule has 0 saturated heterocycles. The summed E-state index contributed by atoms with van der Waals surface area (Å²) >= 11 is 2.23. The molecule has 1 aromatic carbocycles. The highest BCUT2D eigenvalue weighted by Crippen LogP contribution is 2.10. The first-order chi connectivity index (χ1) is 7.58. The molecule has 0 bridgehead atoms. The minimum Gasteiger partial charge on any atom is -0.323 e. The molecule has 86 valence electrons. The fourth-order valence-corrected chi connectivity index (χ4v) is 1.45. The molecule has 0 unspecified atom stereocenters. The number of benzene rings is 1. The highest BCUT2D eigenvalue weighted by Gasteiger charge is 1.96. The van der Waals surface area contributed by atoms with Gasteiger partial charge in [-0.3, -0.25) is 4.79 Å². The van der Waals surface area contributed by atoms with Crippen molar-refractivity contribution < 1.29 is 4.79 Å². The molecule has 1 amide bonds. The average molecular weight is 330 g/mol. The lowest BCUT2D eigenvalue weighted by atomic mass is 10.3. The smallest absolute Gasteiger partial charge is 0.248 e. The highest BCUT2D eigenvalue weighted by molar-refractivity contribution is 14.1. The topological polar surface area (TPSA) is 32.3 Å². The number of nitrogens with one attached hydrogen (secondary N) is 1. The summed E-state index contributed by atoms with van der Waals surface area (Å²) in [5.41, 5.74) is 0.819. The van der Waals surface area contributed by atoms with Crippen LogP contribution in [-0.4, -0.2) is 31.4 Å². The summed E-state index contributed by atoms with van der Waals surface area (Å²) in [6.45, 7) is 0.764. The van der Waals surface area contributed by atoms with Gasteiger partial charge in [0.2, 0.25) is 5.91 Å². The molecule has 0 heterocycles. The molecular formula is C12H15IN2O. The van der Waals surface area contributed by atoms with Crippen LogP contribution in [0.5, 0.6) is 0 Å². The molecule has 1 N–H and O–H groups in total. The third-order valence-electron chi connectivity index (χ3n) is 1.85. The van der Waals surface area contributed by atoms with Crippen molar-refractivity contribution in [1.29, 1.82) is 0 Å². The molecule has 0 radical (unpaired) electrons. The number of carbonyl (C=O) groups excluding carboxylic acids is 1. The lowest BCUT2D eigenvalue weighted by Crippen LogP contribution is -2.12. The molecule has 0 aliphatic rings. The van der Waals surface area contributed by atoms with Gasteiger partial charge in [-0.15, -0.1) is 0 Å². The van der Waals surface area contributed by atoms with Gasteiger partial charge in [-0.25, -0.2) is 0 Å². The fourth-order valence-electron chi connectivity index (χ4n) is 1.09. The maximum Gasteiger partial charge on any atom is 0.248 e. The molecular weight excluding hydrogens is 315 g/mol. The van der Waals surface area contributed by atoms with Gasteiger partial charge < -0.3 is 10.2 Å². The Kier molecular flexibility index (Phi) is 5.48. The first-order valence-corrected chi connectivity index (χ1v) is 6.03. The van der Waals surface area contributed by atoms with Gasteiger partial charge in [0.1, 0.15) is 0 Å². The van der Waals surface area contributed by atoms with Crippen molar-refractivity contribution in [1.82, 2.24) is 4.90 Å². The van der Waals surface area contributed by atoms with Crippen molar-refractivity contribution in [3.63, 3.8) is 0 Å². The zero-order chi connectivity index (χ0) is 12.0. The van der Waals surface area contributed by atoms with Crippen LogP contribution >= 0.6 is 22.6 Å². The van der Waals surface area contributed by atoms with E-state index in [2.05, 4.69) is 27.9 Å². The molecule has 0 spiro atoms. The van der Waals surface area contributed by atoms with Gasteiger partial charge in [0.15, 0.2) is 0 Å². The van der Waals surface area contributed by atoms with Crippen molar-refractivity contribution in [2.45, 2.75) is 0 Å². The number of anilines is 1. The molecule has 4 heteroatoms. The Morgan fingerprint density at radius 3 is 2.56 bits per heavy atom. The van der Waals surface area contributed by atoms with Crippen LogP contribution < -0.4 is 5.32 Å². The van der Waals surface area contributed by atoms with E-state index in [-0.39, 0.29) is 5.91 Å². The van der Waals surface area contributed by atoms with Gasteiger partial charge in [-0.05, 0) is 61.0 Å². The first-order valence-electron chi connectivity index (χ1n) is 4.96. The second-order valence-electron chi connectivity index (χ2n) is 3.66. The highest BCUT2D eigenvalue weighted by atomic mass is 127. The Morgan fingerprint density at radius 2 is 2.00 bits per heavy atom. The van der Waals surface area contributed by atoms with Gasteiger partial charge in [0.05, 0.1) is 0 Å². The van der Waals surface area contributed by atoms with Gasteiger partial charge in [0, 0.05) is 21.9 Å². The van der Waals surface area contributed by atoms with Crippen LogP contribution in [0.1, 0.15) is 0 Å². The third-order valence-corrected chi connectivity index (χ3v) is 2.57. The van der Waals surface area contributed by atoms with Crippen molar-refractivity contribution in [3.8, 4) is 0 Å². The van der Waals surface area contributed by atoms with Crippen molar-refractivity contribution in [2.75, 3.05) is 26.0 Å². The van der Waals surface area contributed by atoms with E-state index >= 15 is 0 Å². The predicted molar refractivity (Wildman–Crippen MR) is 75.5 cm³/mol. The fraction of sp³-hybridized carbons (Fsp3) is 0.250. The Morgan fingerprint density at radius 1 is 1.38 bits per heavy atom. The van der Waals surface area contributed by atoms with E-state index in [9.17, 15) is 4.79 Å². The van der Waals surface area contributed by atoms with Crippen molar-refractivity contribution >= 4 is 34.2 Å². The van der Waals surface area contributed by atoms with Gasteiger partial charge in [-0.2, -0.15) is 0 Å². The number of likely N-dealkylation sites (N-methyl/N-ethyl adjacent to an activating group) is 1. The summed E-state index contributed by atoms with van der Waals surface area (Å²) in [6, 6.07) is 7.69. The van der Waals surface area contributed by atoms with Crippen LogP contribution in [0.3, 0.4) is 0 Å². The normalized spacial score (nSPS) is 11.0. The molecule has 3 nitrogen and oxygen atoms in total. The Hall–Kier alpha value is -0.880. The van der Waals surface area contributed by atoms with Crippen LogP contribution in [0.25, 0.3) is 0 Å². The minimum absolute atomic E-state index is 0.0944.